The number of carboxylic acid groups (broad SMARTS) is 1. The molecule has 1 aliphatic carbocycles. The summed E-state index contributed by atoms with van der Waals surface area (Å²) in [5, 5.41) is 19.9. The van der Waals surface area contributed by atoms with Gasteiger partial charge in [-0.3, -0.25) is 4.79 Å². The molecular formula is C15H20O3. The normalized spacial score (nSPS) is 17.6. The lowest BCUT2D eigenvalue weighted by Gasteiger charge is -2.40. The van der Waals surface area contributed by atoms with Gasteiger partial charge in [0.1, 0.15) is 5.75 Å². The van der Waals surface area contributed by atoms with Gasteiger partial charge in [0.05, 0.1) is 5.41 Å². The van der Waals surface area contributed by atoms with Crippen molar-refractivity contribution in [1.29, 1.82) is 0 Å². The number of phenols is 1. The summed E-state index contributed by atoms with van der Waals surface area (Å²) in [6.45, 7) is 5.88. The average molecular weight is 248 g/mol. The summed E-state index contributed by atoms with van der Waals surface area (Å²) in [6, 6.07) is 3.82. The van der Waals surface area contributed by atoms with Gasteiger partial charge < -0.3 is 10.2 Å². The Hall–Kier alpha value is -1.51. The summed E-state index contributed by atoms with van der Waals surface area (Å²) in [6.07, 6.45) is 2.16. The van der Waals surface area contributed by atoms with Gasteiger partial charge in [-0.15, -0.1) is 0 Å². The molecule has 0 aromatic heterocycles. The van der Waals surface area contributed by atoms with Gasteiger partial charge in [-0.05, 0) is 36.8 Å². The standard InChI is InChI=1S/C15H20O3/c1-9(2)11-6-5-10(3)13(16)12(11)15(14(17)18)7-4-8-15/h5-6,9,16H,4,7-8H2,1-3H3,(H,17,18). The predicted octanol–water partition coefficient (Wildman–Crippen LogP) is 3.33. The van der Waals surface area contributed by atoms with Crippen LogP contribution in [0.25, 0.3) is 0 Å². The van der Waals surface area contributed by atoms with Crippen LogP contribution in [0.3, 0.4) is 0 Å². The Morgan fingerprint density at radius 2 is 1.94 bits per heavy atom. The van der Waals surface area contributed by atoms with Crippen LogP contribution >= 0.6 is 0 Å². The van der Waals surface area contributed by atoms with Crippen molar-refractivity contribution in [3.8, 4) is 5.75 Å². The van der Waals surface area contributed by atoms with E-state index in [1.165, 1.54) is 0 Å². The Morgan fingerprint density at radius 1 is 1.33 bits per heavy atom. The number of hydrogen-bond acceptors (Lipinski definition) is 2. The summed E-state index contributed by atoms with van der Waals surface area (Å²) in [4.78, 5) is 11.6. The molecule has 0 saturated heterocycles. The van der Waals surface area contributed by atoms with Crippen molar-refractivity contribution < 1.29 is 15.0 Å². The van der Waals surface area contributed by atoms with Crippen molar-refractivity contribution in [2.24, 2.45) is 0 Å². The monoisotopic (exact) mass is 248 g/mol. The first-order valence-electron chi connectivity index (χ1n) is 6.46. The number of phenolic OH excluding ortho intramolecular Hbond substituents is 1. The van der Waals surface area contributed by atoms with E-state index in [0.717, 1.165) is 17.5 Å². The number of aryl methyl sites for hydroxylation is 1. The highest BCUT2D eigenvalue weighted by molar-refractivity contribution is 5.84. The van der Waals surface area contributed by atoms with E-state index in [4.69, 9.17) is 0 Å². The molecule has 0 unspecified atom stereocenters. The van der Waals surface area contributed by atoms with Crippen molar-refractivity contribution in [3.05, 3.63) is 28.8 Å². The maximum absolute atomic E-state index is 11.6. The third kappa shape index (κ3) is 1.69. The zero-order valence-electron chi connectivity index (χ0n) is 11.2. The highest BCUT2D eigenvalue weighted by Crippen LogP contribution is 2.50. The van der Waals surface area contributed by atoms with E-state index >= 15 is 0 Å². The SMILES string of the molecule is Cc1ccc(C(C)C)c(C2(C(=O)O)CCC2)c1O. The van der Waals surface area contributed by atoms with Crippen molar-refractivity contribution in [3.63, 3.8) is 0 Å². The molecule has 0 amide bonds. The maximum Gasteiger partial charge on any atom is 0.314 e. The van der Waals surface area contributed by atoms with Gasteiger partial charge in [-0.25, -0.2) is 0 Å². The molecule has 1 saturated carbocycles. The van der Waals surface area contributed by atoms with Crippen LogP contribution in [0, 0.1) is 6.92 Å². The lowest BCUT2D eigenvalue weighted by molar-refractivity contribution is -0.147. The zero-order valence-corrected chi connectivity index (χ0v) is 11.2. The van der Waals surface area contributed by atoms with E-state index in [1.807, 2.05) is 32.9 Å². The molecule has 2 N–H and O–H groups in total. The Bertz CT molecular complexity index is 485. The fourth-order valence-corrected chi connectivity index (χ4v) is 2.80. The summed E-state index contributed by atoms with van der Waals surface area (Å²) in [5.41, 5.74) is 1.49. The van der Waals surface area contributed by atoms with Gasteiger partial charge in [0, 0.05) is 5.56 Å². The number of benzene rings is 1. The van der Waals surface area contributed by atoms with E-state index in [2.05, 4.69) is 0 Å². The number of aliphatic carboxylic acids is 1. The van der Waals surface area contributed by atoms with E-state index in [0.29, 0.717) is 18.4 Å². The van der Waals surface area contributed by atoms with Gasteiger partial charge >= 0.3 is 5.97 Å². The summed E-state index contributed by atoms with van der Waals surface area (Å²) < 4.78 is 0. The van der Waals surface area contributed by atoms with E-state index in [9.17, 15) is 15.0 Å². The van der Waals surface area contributed by atoms with Crippen molar-refractivity contribution in [2.45, 2.75) is 51.4 Å². The van der Waals surface area contributed by atoms with Crippen molar-refractivity contribution >= 4 is 5.97 Å². The maximum atomic E-state index is 11.6. The molecule has 3 nitrogen and oxygen atoms in total. The van der Waals surface area contributed by atoms with Gasteiger partial charge in [-0.2, -0.15) is 0 Å². The number of hydrogen-bond donors (Lipinski definition) is 2. The molecule has 0 heterocycles. The van der Waals surface area contributed by atoms with Gasteiger partial charge in [0.25, 0.3) is 0 Å². The third-order valence-electron chi connectivity index (χ3n) is 4.13. The molecule has 2 rings (SSSR count). The van der Waals surface area contributed by atoms with Crippen LogP contribution in [-0.2, 0) is 10.2 Å². The molecule has 1 aromatic carbocycles. The quantitative estimate of drug-likeness (QED) is 0.862. The third-order valence-corrected chi connectivity index (χ3v) is 4.13. The molecule has 1 aliphatic rings. The second-order valence-corrected chi connectivity index (χ2v) is 5.59. The highest BCUT2D eigenvalue weighted by atomic mass is 16.4. The van der Waals surface area contributed by atoms with Crippen LogP contribution in [-0.4, -0.2) is 16.2 Å². The second-order valence-electron chi connectivity index (χ2n) is 5.59. The fraction of sp³-hybridized carbons (Fsp3) is 0.533. The molecule has 0 bridgehead atoms. The molecule has 98 valence electrons. The van der Waals surface area contributed by atoms with E-state index in [-0.39, 0.29) is 11.7 Å². The summed E-state index contributed by atoms with van der Waals surface area (Å²) in [5.74, 6) is -0.428. The largest absolute Gasteiger partial charge is 0.507 e. The fourth-order valence-electron chi connectivity index (χ4n) is 2.80. The Balaban J connectivity index is 2.68. The Morgan fingerprint density at radius 3 is 2.33 bits per heavy atom. The minimum absolute atomic E-state index is 0.170. The molecule has 0 spiro atoms. The Labute approximate surface area is 107 Å². The second kappa shape index (κ2) is 4.30. The summed E-state index contributed by atoms with van der Waals surface area (Å²) >= 11 is 0. The van der Waals surface area contributed by atoms with Crippen LogP contribution in [0.5, 0.6) is 5.75 Å². The topological polar surface area (TPSA) is 57.5 Å². The van der Waals surface area contributed by atoms with E-state index < -0.39 is 11.4 Å². The molecule has 1 aromatic rings. The minimum Gasteiger partial charge on any atom is -0.507 e. The van der Waals surface area contributed by atoms with Crippen LogP contribution in [0.1, 0.15) is 55.7 Å². The minimum atomic E-state index is -0.865. The first kappa shape index (κ1) is 12.9. The zero-order chi connectivity index (χ0) is 13.5. The number of carboxylic acids is 1. The predicted molar refractivity (Wildman–Crippen MR) is 70.1 cm³/mol. The average Bonchev–Trinajstić information content (AvgIpc) is 2.21. The van der Waals surface area contributed by atoms with Crippen molar-refractivity contribution in [2.75, 3.05) is 0 Å². The van der Waals surface area contributed by atoms with Crippen LogP contribution in [0.2, 0.25) is 0 Å². The lowest BCUT2D eigenvalue weighted by atomic mass is 9.62. The Kier molecular flexibility index (Phi) is 3.09. The molecule has 3 heteroatoms. The van der Waals surface area contributed by atoms with Crippen LogP contribution in [0.4, 0.5) is 0 Å². The molecule has 1 fully saturated rings. The number of rotatable bonds is 3. The number of carbonyl (C=O) groups is 1. The van der Waals surface area contributed by atoms with Crippen LogP contribution in [0.15, 0.2) is 12.1 Å². The van der Waals surface area contributed by atoms with Gasteiger partial charge in [0.15, 0.2) is 0 Å². The highest BCUT2D eigenvalue weighted by Gasteiger charge is 2.49. The smallest absolute Gasteiger partial charge is 0.314 e. The van der Waals surface area contributed by atoms with Gasteiger partial charge in [-0.1, -0.05) is 32.4 Å². The number of aromatic hydroxyl groups is 1. The van der Waals surface area contributed by atoms with E-state index in [1.54, 1.807) is 0 Å². The van der Waals surface area contributed by atoms with Gasteiger partial charge in [0.2, 0.25) is 0 Å². The molecule has 18 heavy (non-hydrogen) atoms. The first-order chi connectivity index (χ1) is 8.40. The molecule has 0 aliphatic heterocycles. The molecular weight excluding hydrogens is 228 g/mol. The lowest BCUT2D eigenvalue weighted by Crippen LogP contribution is -2.43. The first-order valence-corrected chi connectivity index (χ1v) is 6.46. The van der Waals surface area contributed by atoms with Crippen molar-refractivity contribution in [1.82, 2.24) is 0 Å². The van der Waals surface area contributed by atoms with Crippen LogP contribution < -0.4 is 0 Å². The molecule has 0 atom stereocenters. The summed E-state index contributed by atoms with van der Waals surface area (Å²) in [7, 11) is 0. The molecule has 0 radical (unpaired) electrons.